The summed E-state index contributed by atoms with van der Waals surface area (Å²) in [5.74, 6) is 0.159. The summed E-state index contributed by atoms with van der Waals surface area (Å²) in [7, 11) is 4.07. The van der Waals surface area contributed by atoms with Crippen LogP contribution in [0.4, 0.5) is 0 Å². The van der Waals surface area contributed by atoms with Gasteiger partial charge in [0.1, 0.15) is 24.7 Å². The first-order chi connectivity index (χ1) is 30.1. The number of fused-ring (bicyclic) bond motifs is 2. The number of hydrogen-bond donors (Lipinski definition) is 3. The van der Waals surface area contributed by atoms with E-state index in [1.165, 1.54) is 10.8 Å². The minimum Gasteiger partial charge on any atom is -0.870 e. The number of para-hydroxylation sites is 2. The Morgan fingerprint density at radius 2 is 1.03 bits per heavy atom. The molecule has 0 saturated carbocycles. The molecule has 0 aliphatic carbocycles. The summed E-state index contributed by atoms with van der Waals surface area (Å²) in [6.45, 7) is 3.92. The van der Waals surface area contributed by atoms with Gasteiger partial charge in [-0.25, -0.2) is 0 Å². The van der Waals surface area contributed by atoms with Crippen LogP contribution < -0.4 is 39.8 Å². The molecule has 64 heavy (non-hydrogen) atoms. The molecule has 0 radical (unpaired) electrons. The molecule has 11 nitrogen and oxygen atoms in total. The molecule has 6 aromatic carbocycles. The Balaban J connectivity index is 0.000000234. The first-order valence-electron chi connectivity index (χ1n) is 20.7. The van der Waals surface area contributed by atoms with E-state index in [2.05, 4.69) is 76.0 Å². The van der Waals surface area contributed by atoms with Crippen LogP contribution in [-0.4, -0.2) is 38.3 Å². The second-order valence-electron chi connectivity index (χ2n) is 15.2. The summed E-state index contributed by atoms with van der Waals surface area (Å²) in [6, 6.07) is 44.3. The van der Waals surface area contributed by atoms with Gasteiger partial charge in [0.05, 0.1) is 19.4 Å². The number of nitrogens with zero attached hydrogens (tertiary/aromatic N) is 2. The molecule has 0 aliphatic rings. The van der Waals surface area contributed by atoms with Crippen LogP contribution in [0.2, 0.25) is 0 Å². The number of ether oxygens (including phenoxy) is 3. The molecule has 8 aromatic rings. The number of aromatic nitrogens is 2. The van der Waals surface area contributed by atoms with Crippen molar-refractivity contribution >= 4 is 33.7 Å². The number of rotatable bonds is 15. The molecular weight excluding hydrogens is 800 g/mol. The fourth-order valence-electron chi connectivity index (χ4n) is 7.67. The Hall–Kier alpha value is -6.58. The summed E-state index contributed by atoms with van der Waals surface area (Å²) in [5.41, 5.74) is 24.2. The Bertz CT molecular complexity index is 2850. The minimum atomic E-state index is -0.877. The molecular formula is C52H53LiN4O7. The number of carboxylic acids is 1. The van der Waals surface area contributed by atoms with E-state index < -0.39 is 5.97 Å². The van der Waals surface area contributed by atoms with Crippen molar-refractivity contribution in [3.05, 3.63) is 179 Å². The molecule has 0 aliphatic heterocycles. The maximum absolute atomic E-state index is 12.0. The van der Waals surface area contributed by atoms with Crippen molar-refractivity contribution in [3.8, 4) is 33.8 Å². The molecule has 2 aromatic heterocycles. The number of benzene rings is 6. The predicted octanol–water partition coefficient (Wildman–Crippen LogP) is 6.33. The van der Waals surface area contributed by atoms with Gasteiger partial charge in [-0.1, -0.05) is 72.8 Å². The third-order valence-corrected chi connectivity index (χ3v) is 10.8. The van der Waals surface area contributed by atoms with E-state index in [1.807, 2.05) is 87.0 Å². The van der Waals surface area contributed by atoms with E-state index in [4.69, 9.17) is 30.8 Å². The third kappa shape index (κ3) is 11.7. The van der Waals surface area contributed by atoms with E-state index in [0.29, 0.717) is 50.0 Å². The summed E-state index contributed by atoms with van der Waals surface area (Å²) in [5, 5.41) is 11.5. The standard InChI is InChI=1S/C27H28N2O3.C25H24N2O3.Li.H2O/c1-3-31-27(30)16-22-8-4-5-10-26(22)32-18-20-14-24(21-9-6-7-19(13-21)17-28)23-11-12-29(2)25(23)15-20;1-27-10-9-21-22(19-7-4-5-17(11-19)15-26)12-18(13-23(21)27)16-30-24-8-3-2-6-20(24)14-25(28)29;;/h4-15H,3,16-18,28H2,1-2H3;2-13H,14-16,26H2,1H3,(H,28,29);;1H2/q;;+1;/p-1. The molecule has 0 unspecified atom stereocenters. The number of carbonyl (C=O) groups excluding carboxylic acids is 1. The van der Waals surface area contributed by atoms with Gasteiger partial charge >= 0.3 is 30.8 Å². The molecule has 324 valence electrons. The Morgan fingerprint density at radius 3 is 1.47 bits per heavy atom. The number of nitrogens with two attached hydrogens (primary N) is 2. The number of carboxylic acid groups (broad SMARTS) is 1. The Labute approximate surface area is 385 Å². The second-order valence-corrected chi connectivity index (χ2v) is 15.2. The number of esters is 1. The maximum atomic E-state index is 12.0. The molecule has 0 amide bonds. The molecule has 6 N–H and O–H groups in total. The van der Waals surface area contributed by atoms with Crippen LogP contribution in [0.3, 0.4) is 0 Å². The van der Waals surface area contributed by atoms with Crippen LogP contribution >= 0.6 is 0 Å². The topological polar surface area (TPSA) is 174 Å². The fraction of sp³-hybridized carbons (Fsp3) is 0.192. The molecule has 12 heteroatoms. The van der Waals surface area contributed by atoms with Crippen LogP contribution in [0.1, 0.15) is 40.3 Å². The zero-order valence-corrected chi connectivity index (χ0v) is 36.8. The Morgan fingerprint density at radius 1 is 0.578 bits per heavy atom. The first-order valence-corrected chi connectivity index (χ1v) is 20.7. The fourth-order valence-corrected chi connectivity index (χ4v) is 7.67. The van der Waals surface area contributed by atoms with Gasteiger partial charge in [-0.05, 0) is 112 Å². The normalized spacial score (nSPS) is 10.6. The molecule has 2 heterocycles. The van der Waals surface area contributed by atoms with Crippen molar-refractivity contribution in [1.29, 1.82) is 0 Å². The van der Waals surface area contributed by atoms with E-state index in [1.54, 1.807) is 13.0 Å². The summed E-state index contributed by atoms with van der Waals surface area (Å²) >= 11 is 0. The average Bonchev–Trinajstić information content (AvgIpc) is 3.86. The van der Waals surface area contributed by atoms with Crippen LogP contribution in [0.25, 0.3) is 44.1 Å². The number of carbonyl (C=O) groups is 2. The number of hydrogen-bond acceptors (Lipinski definition) is 8. The summed E-state index contributed by atoms with van der Waals surface area (Å²) in [4.78, 5) is 23.1. The molecule has 0 bridgehead atoms. The van der Waals surface area contributed by atoms with Gasteiger partial charge in [0.25, 0.3) is 0 Å². The first kappa shape index (κ1) is 48.4. The number of aryl methyl sites for hydroxylation is 2. The predicted molar refractivity (Wildman–Crippen MR) is 248 cm³/mol. The maximum Gasteiger partial charge on any atom is 1.00 e. The van der Waals surface area contributed by atoms with Crippen molar-refractivity contribution in [3.63, 3.8) is 0 Å². The van der Waals surface area contributed by atoms with Gasteiger partial charge in [-0.2, -0.15) is 0 Å². The van der Waals surface area contributed by atoms with E-state index in [0.717, 1.165) is 61.1 Å². The second kappa shape index (κ2) is 22.7. The van der Waals surface area contributed by atoms with E-state index in [-0.39, 0.29) is 43.1 Å². The molecule has 0 saturated heterocycles. The smallest absolute Gasteiger partial charge is 0.870 e. The van der Waals surface area contributed by atoms with Crippen molar-refractivity contribution in [2.75, 3.05) is 6.61 Å². The SMILES string of the molecule is CCOC(=O)Cc1ccccc1OCc1cc(-c2cccc(CN)c2)c2ccn(C)c2c1.Cn1ccc2c(-c3cccc(CN)c3)cc(COc3ccccc3CC(=O)O)cc21.[Li+].[OH-]. The van der Waals surface area contributed by atoms with Gasteiger partial charge in [0.2, 0.25) is 0 Å². The number of aliphatic carboxylic acids is 1. The molecule has 0 fully saturated rings. The van der Waals surface area contributed by atoms with Crippen molar-refractivity contribution < 1.29 is 53.2 Å². The van der Waals surface area contributed by atoms with E-state index >= 15 is 0 Å². The van der Waals surface area contributed by atoms with Crippen molar-refractivity contribution in [2.45, 2.75) is 46.1 Å². The molecule has 8 rings (SSSR count). The van der Waals surface area contributed by atoms with Gasteiger partial charge in [-0.15, -0.1) is 0 Å². The monoisotopic (exact) mass is 852 g/mol. The molecule has 0 atom stereocenters. The third-order valence-electron chi connectivity index (χ3n) is 10.8. The van der Waals surface area contributed by atoms with Crippen LogP contribution in [0.15, 0.2) is 146 Å². The van der Waals surface area contributed by atoms with Crippen molar-refractivity contribution in [1.82, 2.24) is 9.13 Å². The van der Waals surface area contributed by atoms with Gasteiger partial charge in [0, 0.05) is 72.5 Å². The van der Waals surface area contributed by atoms with Gasteiger partial charge in [0.15, 0.2) is 0 Å². The largest absolute Gasteiger partial charge is 1.00 e. The summed E-state index contributed by atoms with van der Waals surface area (Å²) < 4.78 is 21.5. The van der Waals surface area contributed by atoms with Crippen molar-refractivity contribution in [2.24, 2.45) is 25.6 Å². The van der Waals surface area contributed by atoms with Crippen LogP contribution in [0.5, 0.6) is 11.5 Å². The quantitative estimate of drug-likeness (QED) is 0.0788. The van der Waals surface area contributed by atoms with Crippen LogP contribution in [-0.2, 0) is 67.6 Å². The minimum absolute atomic E-state index is 0. The zero-order valence-electron chi connectivity index (χ0n) is 36.8. The van der Waals surface area contributed by atoms with Gasteiger partial charge in [-0.3, -0.25) is 9.59 Å². The van der Waals surface area contributed by atoms with Gasteiger partial charge < -0.3 is 45.4 Å². The zero-order chi connectivity index (χ0) is 43.6. The summed E-state index contributed by atoms with van der Waals surface area (Å²) in [6.07, 6.45) is 4.25. The average molecular weight is 853 g/mol. The van der Waals surface area contributed by atoms with E-state index in [9.17, 15) is 9.59 Å². The Kier molecular flexibility index (Phi) is 17.2. The van der Waals surface area contributed by atoms with Crippen LogP contribution in [0, 0.1) is 0 Å². The molecule has 0 spiro atoms.